The fourth-order valence-corrected chi connectivity index (χ4v) is 2.27. The first kappa shape index (κ1) is 14.4. The van der Waals surface area contributed by atoms with E-state index < -0.39 is 17.7 Å². The second-order valence-corrected chi connectivity index (χ2v) is 5.81. The topological polar surface area (TPSA) is 84.7 Å². The van der Waals surface area contributed by atoms with Crippen LogP contribution in [0.15, 0.2) is 0 Å². The maximum absolute atomic E-state index is 12.2. The summed E-state index contributed by atoms with van der Waals surface area (Å²) in [5.41, 5.74) is 0.383. The highest BCUT2D eigenvalue weighted by atomic mass is 16.6. The van der Waals surface area contributed by atoms with Crippen LogP contribution in [0.1, 0.15) is 43.4 Å². The molecule has 0 atom stereocenters. The van der Waals surface area contributed by atoms with Crippen LogP contribution in [0.25, 0.3) is 0 Å². The first-order valence-electron chi connectivity index (χ1n) is 6.50. The first-order chi connectivity index (χ1) is 9.20. The van der Waals surface area contributed by atoms with Gasteiger partial charge in [0, 0.05) is 13.6 Å². The third-order valence-corrected chi connectivity index (χ3v) is 3.02. The summed E-state index contributed by atoms with van der Waals surface area (Å²) in [6, 6.07) is 0. The summed E-state index contributed by atoms with van der Waals surface area (Å²) < 4.78 is 6.86. The molecule has 1 aliphatic rings. The SMILES string of the molecule is Cn1nc(C(=O)O)c2c1CCCN2C(=O)OC(C)(C)C. The fourth-order valence-electron chi connectivity index (χ4n) is 2.27. The Morgan fingerprint density at radius 3 is 2.55 bits per heavy atom. The van der Waals surface area contributed by atoms with Crippen LogP contribution < -0.4 is 4.90 Å². The number of carbonyl (C=O) groups excluding carboxylic acids is 1. The predicted molar refractivity (Wildman–Crippen MR) is 72.1 cm³/mol. The standard InChI is InChI=1S/C13H19N3O4/c1-13(2,3)20-12(19)16-7-5-6-8-10(16)9(11(17)18)14-15(8)4/h5-7H2,1-4H3,(H,17,18). The Hall–Kier alpha value is -2.05. The largest absolute Gasteiger partial charge is 0.476 e. The molecular formula is C13H19N3O4. The van der Waals surface area contributed by atoms with Crippen molar-refractivity contribution < 1.29 is 19.4 Å². The third kappa shape index (κ3) is 2.61. The molecule has 20 heavy (non-hydrogen) atoms. The van der Waals surface area contributed by atoms with E-state index in [4.69, 9.17) is 4.74 Å². The molecule has 2 heterocycles. The van der Waals surface area contributed by atoms with Crippen LogP contribution >= 0.6 is 0 Å². The molecule has 0 radical (unpaired) electrons. The number of amides is 1. The molecule has 0 bridgehead atoms. The minimum absolute atomic E-state index is 0.104. The number of hydrogen-bond acceptors (Lipinski definition) is 4. The van der Waals surface area contributed by atoms with Gasteiger partial charge in [-0.2, -0.15) is 5.10 Å². The van der Waals surface area contributed by atoms with Crippen LogP contribution in [-0.4, -0.2) is 39.1 Å². The van der Waals surface area contributed by atoms with Gasteiger partial charge >= 0.3 is 12.1 Å². The maximum atomic E-state index is 12.2. The van der Waals surface area contributed by atoms with Crippen molar-refractivity contribution in [3.8, 4) is 0 Å². The quantitative estimate of drug-likeness (QED) is 0.848. The average Bonchev–Trinajstić information content (AvgIpc) is 2.65. The van der Waals surface area contributed by atoms with Crippen molar-refractivity contribution in [2.75, 3.05) is 11.4 Å². The van der Waals surface area contributed by atoms with E-state index in [0.29, 0.717) is 18.7 Å². The van der Waals surface area contributed by atoms with E-state index in [1.165, 1.54) is 9.58 Å². The van der Waals surface area contributed by atoms with Crippen molar-refractivity contribution in [1.29, 1.82) is 0 Å². The highest BCUT2D eigenvalue weighted by Crippen LogP contribution is 2.31. The molecule has 7 heteroatoms. The summed E-state index contributed by atoms with van der Waals surface area (Å²) in [5, 5.41) is 13.2. The number of aromatic nitrogens is 2. The second kappa shape index (κ2) is 4.81. The van der Waals surface area contributed by atoms with Gasteiger partial charge in [-0.05, 0) is 33.6 Å². The predicted octanol–water partition coefficient (Wildman–Crippen LogP) is 1.81. The minimum Gasteiger partial charge on any atom is -0.476 e. The number of carbonyl (C=O) groups is 2. The number of aromatic carboxylic acids is 1. The smallest absolute Gasteiger partial charge is 0.414 e. The van der Waals surface area contributed by atoms with Crippen LogP contribution in [0.3, 0.4) is 0 Å². The van der Waals surface area contributed by atoms with E-state index in [0.717, 1.165) is 12.1 Å². The first-order valence-corrected chi connectivity index (χ1v) is 6.50. The highest BCUT2D eigenvalue weighted by molar-refractivity contribution is 5.99. The molecule has 110 valence electrons. The van der Waals surface area contributed by atoms with Crippen molar-refractivity contribution in [3.05, 3.63) is 11.4 Å². The lowest BCUT2D eigenvalue weighted by Gasteiger charge is -2.30. The zero-order valence-electron chi connectivity index (χ0n) is 12.1. The van der Waals surface area contributed by atoms with Gasteiger partial charge in [0.1, 0.15) is 11.3 Å². The molecule has 0 aliphatic carbocycles. The Labute approximate surface area is 117 Å². The molecule has 0 unspecified atom stereocenters. The van der Waals surface area contributed by atoms with Gasteiger partial charge in [-0.3, -0.25) is 9.58 Å². The number of aryl methyl sites for hydroxylation is 1. The number of carboxylic acid groups (broad SMARTS) is 1. The van der Waals surface area contributed by atoms with Crippen LogP contribution in [0, 0.1) is 0 Å². The Kier molecular flexibility index (Phi) is 3.45. The van der Waals surface area contributed by atoms with Crippen molar-refractivity contribution in [2.45, 2.75) is 39.2 Å². The lowest BCUT2D eigenvalue weighted by Crippen LogP contribution is -2.40. The Morgan fingerprint density at radius 2 is 2.00 bits per heavy atom. The van der Waals surface area contributed by atoms with Crippen LogP contribution in [0.2, 0.25) is 0 Å². The maximum Gasteiger partial charge on any atom is 0.414 e. The highest BCUT2D eigenvalue weighted by Gasteiger charge is 2.34. The number of rotatable bonds is 1. The zero-order valence-corrected chi connectivity index (χ0v) is 12.1. The van der Waals surface area contributed by atoms with Gasteiger partial charge in [0.2, 0.25) is 0 Å². The summed E-state index contributed by atoms with van der Waals surface area (Å²) >= 11 is 0. The Balaban J connectivity index is 2.41. The fraction of sp³-hybridized carbons (Fsp3) is 0.615. The molecule has 0 saturated carbocycles. The summed E-state index contributed by atoms with van der Waals surface area (Å²) in [4.78, 5) is 24.9. The van der Waals surface area contributed by atoms with Gasteiger partial charge in [-0.25, -0.2) is 9.59 Å². The minimum atomic E-state index is -1.14. The Morgan fingerprint density at radius 1 is 1.35 bits per heavy atom. The number of fused-ring (bicyclic) bond motifs is 1. The molecular weight excluding hydrogens is 262 g/mol. The van der Waals surface area contributed by atoms with Crippen molar-refractivity contribution in [2.24, 2.45) is 7.05 Å². The molecule has 7 nitrogen and oxygen atoms in total. The number of hydrogen-bond donors (Lipinski definition) is 1. The van der Waals surface area contributed by atoms with Gasteiger partial charge < -0.3 is 9.84 Å². The van der Waals surface area contributed by atoms with Gasteiger partial charge in [-0.1, -0.05) is 0 Å². The van der Waals surface area contributed by atoms with E-state index in [1.54, 1.807) is 27.8 Å². The molecule has 1 amide bonds. The number of ether oxygens (including phenoxy) is 1. The van der Waals surface area contributed by atoms with E-state index in [2.05, 4.69) is 5.10 Å². The van der Waals surface area contributed by atoms with Crippen molar-refractivity contribution in [1.82, 2.24) is 9.78 Å². The summed E-state index contributed by atoms with van der Waals surface area (Å²) in [6.45, 7) is 5.76. The summed E-state index contributed by atoms with van der Waals surface area (Å²) in [6.07, 6.45) is 0.921. The molecule has 2 rings (SSSR count). The van der Waals surface area contributed by atoms with Crippen LogP contribution in [0.4, 0.5) is 10.5 Å². The lowest BCUT2D eigenvalue weighted by atomic mass is 10.1. The number of carboxylic acids is 1. The van der Waals surface area contributed by atoms with Crippen molar-refractivity contribution in [3.63, 3.8) is 0 Å². The molecule has 1 N–H and O–H groups in total. The molecule has 0 spiro atoms. The van der Waals surface area contributed by atoms with Crippen LogP contribution in [-0.2, 0) is 18.2 Å². The second-order valence-electron chi connectivity index (χ2n) is 5.81. The van der Waals surface area contributed by atoms with Crippen LogP contribution in [0.5, 0.6) is 0 Å². The normalized spacial score (nSPS) is 14.9. The zero-order chi connectivity index (χ0) is 15.1. The van der Waals surface area contributed by atoms with E-state index >= 15 is 0 Å². The average molecular weight is 281 g/mol. The molecule has 0 aromatic carbocycles. The van der Waals surface area contributed by atoms with Gasteiger partial charge in [0.15, 0.2) is 5.69 Å². The van der Waals surface area contributed by atoms with Crippen molar-refractivity contribution >= 4 is 17.7 Å². The Bertz CT molecular complexity index is 557. The van der Waals surface area contributed by atoms with Gasteiger partial charge in [0.25, 0.3) is 0 Å². The monoisotopic (exact) mass is 281 g/mol. The summed E-state index contributed by atoms with van der Waals surface area (Å²) in [5.74, 6) is -1.14. The van der Waals surface area contributed by atoms with Gasteiger partial charge in [0.05, 0.1) is 5.69 Å². The summed E-state index contributed by atoms with van der Waals surface area (Å²) in [7, 11) is 1.68. The molecule has 0 fully saturated rings. The number of anilines is 1. The number of nitrogens with zero attached hydrogens (tertiary/aromatic N) is 3. The molecule has 1 aromatic rings. The van der Waals surface area contributed by atoms with Gasteiger partial charge in [-0.15, -0.1) is 0 Å². The van der Waals surface area contributed by atoms with E-state index in [9.17, 15) is 14.7 Å². The molecule has 1 aromatic heterocycles. The molecule has 0 saturated heterocycles. The lowest BCUT2D eigenvalue weighted by molar-refractivity contribution is 0.0577. The third-order valence-electron chi connectivity index (χ3n) is 3.02. The van der Waals surface area contributed by atoms with E-state index in [-0.39, 0.29) is 5.69 Å². The van der Waals surface area contributed by atoms with E-state index in [1.807, 2.05) is 0 Å². The molecule has 1 aliphatic heterocycles.